The Morgan fingerprint density at radius 1 is 0.795 bits per heavy atom. The number of morpholine rings is 1. The Morgan fingerprint density at radius 2 is 1.38 bits per heavy atom. The number of benzene rings is 3. The minimum atomic E-state index is -4.44. The minimum absolute atomic E-state index is 0.000890. The molecule has 1 fully saturated rings. The molecule has 0 aliphatic carbocycles. The first kappa shape index (κ1) is 58.2. The highest BCUT2D eigenvalue weighted by molar-refractivity contribution is 7.86. The van der Waals surface area contributed by atoms with Crippen LogP contribution in [0.3, 0.4) is 0 Å². The van der Waals surface area contributed by atoms with Crippen LogP contribution in [0.2, 0.25) is 0 Å². The number of aromatic nitrogens is 3. The number of hydrogen-bond acceptors (Lipinski definition) is 13. The number of carbonyl (C=O) groups excluding carboxylic acids is 5. The zero-order valence-corrected chi connectivity index (χ0v) is 44.3. The summed E-state index contributed by atoms with van der Waals surface area (Å²) in [6, 6.07) is 22.6. The van der Waals surface area contributed by atoms with E-state index in [9.17, 15) is 37.5 Å². The van der Waals surface area contributed by atoms with E-state index in [1.165, 1.54) is 12.1 Å². The van der Waals surface area contributed by atoms with Gasteiger partial charge in [-0.2, -0.15) is 8.42 Å². The van der Waals surface area contributed by atoms with Gasteiger partial charge in [-0.1, -0.05) is 118 Å². The third-order valence-corrected chi connectivity index (χ3v) is 14.2. The summed E-state index contributed by atoms with van der Waals surface area (Å²) in [6.45, 7) is 14.4. The van der Waals surface area contributed by atoms with E-state index in [2.05, 4.69) is 27.5 Å². The van der Waals surface area contributed by atoms with Crippen molar-refractivity contribution in [1.29, 1.82) is 0 Å². The highest BCUT2D eigenvalue weighted by Crippen LogP contribution is 2.24. The molecule has 17 heteroatoms. The SMILES string of the molecule is C=C(CCc1cn(C)nn1)Cc1ccc(S(=O)(=O)OCC(C)(O)C(=O)[C@H](CC(C)C)NC(=O)[C@@H](CC(=O)[C@H](CC(C)C)NC(=O)[C@H](CCc2ccccc2)CC(=O)CN2CCOCC2)Cc2ccccc2)cc1. The molecule has 73 heavy (non-hydrogen) atoms. The van der Waals surface area contributed by atoms with Gasteiger partial charge >= 0.3 is 0 Å². The maximum atomic E-state index is 14.5. The molecule has 3 aromatic carbocycles. The zero-order chi connectivity index (χ0) is 53.1. The number of ether oxygens (including phenoxy) is 1. The summed E-state index contributed by atoms with van der Waals surface area (Å²) < 4.78 is 39.2. The van der Waals surface area contributed by atoms with E-state index in [1.54, 1.807) is 23.9 Å². The van der Waals surface area contributed by atoms with Crippen LogP contribution in [0.5, 0.6) is 0 Å². The number of rotatable bonds is 31. The fourth-order valence-corrected chi connectivity index (χ4v) is 9.89. The first-order chi connectivity index (χ1) is 34.7. The number of carbonyl (C=O) groups is 5. The lowest BCUT2D eigenvalue weighted by atomic mass is 9.86. The van der Waals surface area contributed by atoms with Gasteiger partial charge in [0.05, 0.1) is 42.4 Å². The molecule has 0 bridgehead atoms. The molecular formula is C56H76N6O10S. The largest absolute Gasteiger partial charge is 0.380 e. The van der Waals surface area contributed by atoms with Crippen molar-refractivity contribution in [3.63, 3.8) is 0 Å². The maximum Gasteiger partial charge on any atom is 0.297 e. The molecule has 2 heterocycles. The van der Waals surface area contributed by atoms with Crippen LogP contribution in [0, 0.1) is 23.7 Å². The van der Waals surface area contributed by atoms with Crippen LogP contribution in [0.15, 0.2) is 108 Å². The molecule has 5 atom stereocenters. The lowest BCUT2D eigenvalue weighted by molar-refractivity contribution is -0.143. The predicted molar refractivity (Wildman–Crippen MR) is 279 cm³/mol. The molecule has 1 aromatic heterocycles. The van der Waals surface area contributed by atoms with Crippen molar-refractivity contribution < 1.29 is 46.4 Å². The van der Waals surface area contributed by atoms with E-state index in [-0.39, 0.29) is 66.9 Å². The van der Waals surface area contributed by atoms with Gasteiger partial charge in [0, 0.05) is 51.0 Å². The third-order valence-electron chi connectivity index (χ3n) is 12.9. The average molecular weight is 1030 g/mol. The summed E-state index contributed by atoms with van der Waals surface area (Å²) in [7, 11) is -2.64. The highest BCUT2D eigenvalue weighted by atomic mass is 32.2. The molecule has 0 radical (unpaired) electrons. The summed E-state index contributed by atoms with van der Waals surface area (Å²) in [6.07, 6.45) is 4.82. The fraction of sp³-hybridized carbons (Fsp3) is 0.518. The Morgan fingerprint density at radius 3 is 1.99 bits per heavy atom. The van der Waals surface area contributed by atoms with Crippen LogP contribution >= 0.6 is 0 Å². The number of allylic oxidation sites excluding steroid dienone is 1. The monoisotopic (exact) mass is 1020 g/mol. The standard InChI is InChI=1S/C56H76N6O10S/c1-39(2)30-50(57-54(66)45(22-19-42-14-10-8-11-15-42)34-48(63)37-62-26-28-71-29-27-62)52(64)35-46(33-43-16-12-9-13-17-43)55(67)58-51(31-40(3)4)53(65)56(6,68)38-72-73(69,70)49-24-20-44(21-25-49)32-41(5)18-23-47-36-61(7)60-59-47/h8-17,20-21,24-25,36,39-40,45-46,50-51,68H,5,18-19,22-23,26-35,37-38H2,1-4,6-7H3,(H,57,66)(H,58,67)/t45-,46-,50+,51+,56?/m1/s1. The van der Waals surface area contributed by atoms with Gasteiger partial charge in [-0.25, -0.2) is 0 Å². The summed E-state index contributed by atoms with van der Waals surface area (Å²) in [4.78, 5) is 72.9. The summed E-state index contributed by atoms with van der Waals surface area (Å²) in [5.74, 6) is -4.26. The molecule has 0 saturated carbocycles. The molecule has 2 amide bonds. The summed E-state index contributed by atoms with van der Waals surface area (Å²) in [5, 5.41) is 25.4. The molecule has 16 nitrogen and oxygen atoms in total. The summed E-state index contributed by atoms with van der Waals surface area (Å²) >= 11 is 0. The summed E-state index contributed by atoms with van der Waals surface area (Å²) in [5.41, 5.74) is 2.01. The van der Waals surface area contributed by atoms with Crippen LogP contribution in [0.25, 0.3) is 0 Å². The number of hydrogen-bond donors (Lipinski definition) is 3. The smallest absolute Gasteiger partial charge is 0.297 e. The Labute approximate surface area is 431 Å². The average Bonchev–Trinajstić information content (AvgIpc) is 3.78. The van der Waals surface area contributed by atoms with Crippen LogP contribution < -0.4 is 10.6 Å². The van der Waals surface area contributed by atoms with E-state index >= 15 is 0 Å². The molecule has 1 aliphatic heterocycles. The van der Waals surface area contributed by atoms with Crippen molar-refractivity contribution in [2.24, 2.45) is 30.7 Å². The van der Waals surface area contributed by atoms with Gasteiger partial charge in [-0.15, -0.1) is 5.10 Å². The molecule has 1 unspecified atom stereocenters. The van der Waals surface area contributed by atoms with Crippen molar-refractivity contribution in [3.8, 4) is 0 Å². The van der Waals surface area contributed by atoms with Crippen LogP contribution in [-0.4, -0.2) is 120 Å². The number of amides is 2. The molecule has 3 N–H and O–H groups in total. The number of ketones is 3. The van der Waals surface area contributed by atoms with Crippen LogP contribution in [-0.2, 0) is 75.7 Å². The van der Waals surface area contributed by atoms with Crippen molar-refractivity contribution in [2.75, 3.05) is 39.5 Å². The van der Waals surface area contributed by atoms with Crippen molar-refractivity contribution in [3.05, 3.63) is 126 Å². The van der Waals surface area contributed by atoms with Crippen molar-refractivity contribution in [2.45, 2.75) is 121 Å². The molecule has 396 valence electrons. The van der Waals surface area contributed by atoms with Crippen LogP contribution in [0.4, 0.5) is 0 Å². The highest BCUT2D eigenvalue weighted by Gasteiger charge is 2.40. The van der Waals surface area contributed by atoms with Gasteiger partial charge < -0.3 is 20.5 Å². The van der Waals surface area contributed by atoms with E-state index < -0.39 is 63.8 Å². The Hall–Kier alpha value is -5.72. The minimum Gasteiger partial charge on any atom is -0.380 e. The molecule has 1 aliphatic rings. The number of nitrogens with one attached hydrogen (secondary N) is 2. The van der Waals surface area contributed by atoms with E-state index in [0.717, 1.165) is 34.9 Å². The second kappa shape index (κ2) is 28.1. The first-order valence-corrected chi connectivity index (χ1v) is 26.9. The third kappa shape index (κ3) is 19.6. The quantitative estimate of drug-likeness (QED) is 0.0391. The van der Waals surface area contributed by atoms with Gasteiger partial charge in [-0.05, 0) is 98.9 Å². The van der Waals surface area contributed by atoms with Crippen LogP contribution in [0.1, 0.15) is 95.5 Å². The van der Waals surface area contributed by atoms with E-state index in [1.807, 2.05) is 99.5 Å². The molecular weight excluding hydrogens is 949 g/mol. The van der Waals surface area contributed by atoms with Gasteiger partial charge in [0.25, 0.3) is 10.1 Å². The maximum absolute atomic E-state index is 14.5. The Balaban J connectivity index is 1.27. The normalized spacial score (nSPS) is 15.7. The van der Waals surface area contributed by atoms with Gasteiger partial charge in [0.2, 0.25) is 11.8 Å². The Kier molecular flexibility index (Phi) is 22.4. The van der Waals surface area contributed by atoms with Gasteiger partial charge in [0.1, 0.15) is 18.0 Å². The molecule has 4 aromatic rings. The number of Topliss-reactive ketones (excluding diaryl/α,β-unsaturated/α-hetero) is 3. The zero-order valence-electron chi connectivity index (χ0n) is 43.5. The lowest BCUT2D eigenvalue weighted by Gasteiger charge is -2.30. The lowest BCUT2D eigenvalue weighted by Crippen LogP contribution is -2.54. The second-order valence-electron chi connectivity index (χ2n) is 20.6. The molecule has 0 spiro atoms. The number of nitrogens with zero attached hydrogens (tertiary/aromatic N) is 4. The molecule has 1 saturated heterocycles. The van der Waals surface area contributed by atoms with Crippen molar-refractivity contribution in [1.82, 2.24) is 30.5 Å². The fourth-order valence-electron chi connectivity index (χ4n) is 8.90. The first-order valence-electron chi connectivity index (χ1n) is 25.5. The van der Waals surface area contributed by atoms with E-state index in [4.69, 9.17) is 8.92 Å². The van der Waals surface area contributed by atoms with Gasteiger partial charge in [0.15, 0.2) is 11.6 Å². The molecule has 5 rings (SSSR count). The Bertz CT molecular complexity index is 2540. The number of aryl methyl sites for hydroxylation is 3. The predicted octanol–water partition coefficient (Wildman–Crippen LogP) is 5.99. The second-order valence-corrected chi connectivity index (χ2v) is 22.2. The van der Waals surface area contributed by atoms with Gasteiger partial charge in [-0.3, -0.25) is 37.7 Å². The van der Waals surface area contributed by atoms with Crippen molar-refractivity contribution >= 4 is 39.3 Å². The topological polar surface area (TPSA) is 216 Å². The number of aliphatic hydroxyl groups is 1. The van der Waals surface area contributed by atoms with E-state index in [0.29, 0.717) is 58.4 Å².